The standard InChI is InChI=1S/C29H26N2O3/c1-2-33-26-17-13-22(14-18-26)15-19-27(32)31-25-16-20-28(30-21-25)34-29(23-9-5-3-6-10-23)24-11-7-4-8-12-24/h3-21,29H,2H2,1H3,(H,31,32)/b19-15+. The van der Waals surface area contributed by atoms with E-state index in [0.29, 0.717) is 18.2 Å². The van der Waals surface area contributed by atoms with Crippen LogP contribution in [0.25, 0.3) is 6.08 Å². The van der Waals surface area contributed by atoms with E-state index in [1.54, 1.807) is 24.4 Å². The van der Waals surface area contributed by atoms with Crippen LogP contribution < -0.4 is 14.8 Å². The fourth-order valence-corrected chi connectivity index (χ4v) is 3.43. The summed E-state index contributed by atoms with van der Waals surface area (Å²) in [6.45, 7) is 2.56. The van der Waals surface area contributed by atoms with Crippen molar-refractivity contribution in [3.63, 3.8) is 0 Å². The lowest BCUT2D eigenvalue weighted by Crippen LogP contribution is -2.11. The molecule has 0 atom stereocenters. The summed E-state index contributed by atoms with van der Waals surface area (Å²) in [6, 6.07) is 31.1. The van der Waals surface area contributed by atoms with E-state index >= 15 is 0 Å². The maximum atomic E-state index is 12.3. The zero-order chi connectivity index (χ0) is 23.6. The summed E-state index contributed by atoms with van der Waals surface area (Å²) in [5.41, 5.74) is 3.57. The van der Waals surface area contributed by atoms with E-state index in [1.807, 2.05) is 91.9 Å². The number of rotatable bonds is 9. The van der Waals surface area contributed by atoms with Gasteiger partial charge >= 0.3 is 0 Å². The molecule has 5 nitrogen and oxygen atoms in total. The molecule has 0 aliphatic rings. The average molecular weight is 451 g/mol. The molecule has 0 radical (unpaired) electrons. The Kier molecular flexibility index (Phi) is 7.70. The van der Waals surface area contributed by atoms with E-state index in [9.17, 15) is 4.79 Å². The number of ether oxygens (including phenoxy) is 2. The number of hydrogen-bond acceptors (Lipinski definition) is 4. The van der Waals surface area contributed by atoms with Crippen molar-refractivity contribution in [1.29, 1.82) is 0 Å². The van der Waals surface area contributed by atoms with Crippen molar-refractivity contribution < 1.29 is 14.3 Å². The van der Waals surface area contributed by atoms with Crippen LogP contribution in [0.1, 0.15) is 29.7 Å². The van der Waals surface area contributed by atoms with Gasteiger partial charge < -0.3 is 14.8 Å². The molecule has 0 saturated carbocycles. The van der Waals surface area contributed by atoms with Crippen molar-refractivity contribution in [2.75, 3.05) is 11.9 Å². The zero-order valence-electron chi connectivity index (χ0n) is 18.9. The van der Waals surface area contributed by atoms with Crippen LogP contribution in [0, 0.1) is 0 Å². The first-order valence-corrected chi connectivity index (χ1v) is 11.2. The number of hydrogen-bond donors (Lipinski definition) is 1. The summed E-state index contributed by atoms with van der Waals surface area (Å²) in [7, 11) is 0. The highest BCUT2D eigenvalue weighted by Crippen LogP contribution is 2.27. The number of nitrogens with zero attached hydrogens (tertiary/aromatic N) is 1. The van der Waals surface area contributed by atoms with E-state index in [1.165, 1.54) is 6.08 Å². The van der Waals surface area contributed by atoms with Crippen molar-refractivity contribution in [2.45, 2.75) is 13.0 Å². The number of carbonyl (C=O) groups is 1. The van der Waals surface area contributed by atoms with Gasteiger partial charge in [-0.15, -0.1) is 0 Å². The van der Waals surface area contributed by atoms with Crippen LogP contribution in [0.15, 0.2) is 109 Å². The van der Waals surface area contributed by atoms with E-state index in [2.05, 4.69) is 10.3 Å². The molecular formula is C29H26N2O3. The zero-order valence-corrected chi connectivity index (χ0v) is 18.9. The monoisotopic (exact) mass is 450 g/mol. The maximum Gasteiger partial charge on any atom is 0.248 e. The molecule has 0 unspecified atom stereocenters. The van der Waals surface area contributed by atoms with Gasteiger partial charge in [-0.3, -0.25) is 4.79 Å². The van der Waals surface area contributed by atoms with Gasteiger partial charge in [-0.05, 0) is 47.9 Å². The highest BCUT2D eigenvalue weighted by atomic mass is 16.5. The number of pyridine rings is 1. The van der Waals surface area contributed by atoms with E-state index in [0.717, 1.165) is 22.4 Å². The van der Waals surface area contributed by atoms with Gasteiger partial charge in [0, 0.05) is 12.1 Å². The Morgan fingerprint density at radius 1 is 0.882 bits per heavy atom. The summed E-state index contributed by atoms with van der Waals surface area (Å²) in [5, 5.41) is 2.82. The maximum absolute atomic E-state index is 12.3. The van der Waals surface area contributed by atoms with Gasteiger partial charge in [0.05, 0.1) is 18.5 Å². The number of aromatic nitrogens is 1. The van der Waals surface area contributed by atoms with Crippen LogP contribution >= 0.6 is 0 Å². The molecule has 3 aromatic carbocycles. The molecule has 1 amide bonds. The second-order valence-corrected chi connectivity index (χ2v) is 7.53. The smallest absolute Gasteiger partial charge is 0.248 e. The third-order valence-corrected chi connectivity index (χ3v) is 5.07. The van der Waals surface area contributed by atoms with Gasteiger partial charge in [-0.1, -0.05) is 72.8 Å². The fraction of sp³-hybridized carbons (Fsp3) is 0.103. The quantitative estimate of drug-likeness (QED) is 0.304. The molecule has 0 spiro atoms. The predicted octanol–water partition coefficient (Wildman–Crippen LogP) is 6.30. The summed E-state index contributed by atoms with van der Waals surface area (Å²) >= 11 is 0. The first kappa shape index (κ1) is 22.8. The number of nitrogens with one attached hydrogen (secondary N) is 1. The Balaban J connectivity index is 1.39. The first-order chi connectivity index (χ1) is 16.7. The molecule has 0 saturated heterocycles. The number of anilines is 1. The summed E-state index contributed by atoms with van der Waals surface area (Å²) in [6.07, 6.45) is 4.54. The normalized spacial score (nSPS) is 10.9. The molecule has 5 heteroatoms. The topological polar surface area (TPSA) is 60.5 Å². The fourth-order valence-electron chi connectivity index (χ4n) is 3.43. The van der Waals surface area contributed by atoms with E-state index in [-0.39, 0.29) is 12.0 Å². The van der Waals surface area contributed by atoms with Crippen molar-refractivity contribution in [2.24, 2.45) is 0 Å². The molecule has 1 N–H and O–H groups in total. The number of amides is 1. The second-order valence-electron chi connectivity index (χ2n) is 7.53. The minimum atomic E-state index is -0.285. The van der Waals surface area contributed by atoms with Gasteiger partial charge in [0.25, 0.3) is 0 Å². The van der Waals surface area contributed by atoms with Crippen LogP contribution in [-0.4, -0.2) is 17.5 Å². The van der Waals surface area contributed by atoms with Crippen LogP contribution in [0.3, 0.4) is 0 Å². The van der Waals surface area contributed by atoms with Gasteiger partial charge in [-0.2, -0.15) is 0 Å². The third kappa shape index (κ3) is 6.33. The number of carbonyl (C=O) groups excluding carboxylic acids is 1. The highest BCUT2D eigenvalue weighted by Gasteiger charge is 2.16. The van der Waals surface area contributed by atoms with Gasteiger partial charge in [0.1, 0.15) is 5.75 Å². The van der Waals surface area contributed by atoms with Gasteiger partial charge in [0.15, 0.2) is 6.10 Å². The molecule has 170 valence electrons. The van der Waals surface area contributed by atoms with E-state index in [4.69, 9.17) is 9.47 Å². The lowest BCUT2D eigenvalue weighted by Gasteiger charge is -2.19. The molecular weight excluding hydrogens is 424 g/mol. The molecule has 0 fully saturated rings. The van der Waals surface area contributed by atoms with Crippen LogP contribution in [0.2, 0.25) is 0 Å². The van der Waals surface area contributed by atoms with Crippen LogP contribution in [-0.2, 0) is 4.79 Å². The largest absolute Gasteiger partial charge is 0.494 e. The molecule has 0 bridgehead atoms. The summed E-state index contributed by atoms with van der Waals surface area (Å²) in [4.78, 5) is 16.7. The van der Waals surface area contributed by atoms with Crippen LogP contribution in [0.4, 0.5) is 5.69 Å². The van der Waals surface area contributed by atoms with Crippen molar-refractivity contribution in [1.82, 2.24) is 4.98 Å². The van der Waals surface area contributed by atoms with Crippen molar-refractivity contribution in [3.05, 3.63) is 126 Å². The van der Waals surface area contributed by atoms with E-state index < -0.39 is 0 Å². The highest BCUT2D eigenvalue weighted by molar-refractivity contribution is 6.01. The van der Waals surface area contributed by atoms with Crippen molar-refractivity contribution in [3.8, 4) is 11.6 Å². The second kappa shape index (κ2) is 11.5. The molecule has 4 aromatic rings. The third-order valence-electron chi connectivity index (χ3n) is 5.07. The minimum absolute atomic E-state index is 0.240. The lowest BCUT2D eigenvalue weighted by molar-refractivity contribution is -0.111. The Bertz CT molecular complexity index is 1170. The van der Waals surface area contributed by atoms with Crippen molar-refractivity contribution >= 4 is 17.7 Å². The Morgan fingerprint density at radius 3 is 2.09 bits per heavy atom. The predicted molar refractivity (Wildman–Crippen MR) is 135 cm³/mol. The molecule has 4 rings (SSSR count). The Labute approximate surface area is 199 Å². The Morgan fingerprint density at radius 2 is 1.53 bits per heavy atom. The van der Waals surface area contributed by atoms with Crippen LogP contribution in [0.5, 0.6) is 11.6 Å². The summed E-state index contributed by atoms with van der Waals surface area (Å²) < 4.78 is 11.7. The minimum Gasteiger partial charge on any atom is -0.494 e. The molecule has 34 heavy (non-hydrogen) atoms. The van der Waals surface area contributed by atoms with Gasteiger partial charge in [-0.25, -0.2) is 4.98 Å². The SMILES string of the molecule is CCOc1ccc(/C=C/C(=O)Nc2ccc(OC(c3ccccc3)c3ccccc3)nc2)cc1. The number of benzene rings is 3. The molecule has 0 aliphatic carbocycles. The van der Waals surface area contributed by atoms with Gasteiger partial charge in [0.2, 0.25) is 11.8 Å². The molecule has 1 heterocycles. The first-order valence-electron chi connectivity index (χ1n) is 11.2. The lowest BCUT2D eigenvalue weighted by atomic mass is 10.0. The Hall–Kier alpha value is -4.38. The summed E-state index contributed by atoms with van der Waals surface area (Å²) in [5.74, 6) is 1.04. The molecule has 1 aromatic heterocycles. The molecule has 0 aliphatic heterocycles. The average Bonchev–Trinajstić information content (AvgIpc) is 2.89.